The first-order valence-corrected chi connectivity index (χ1v) is 7.55. The van der Waals surface area contributed by atoms with E-state index in [0.717, 1.165) is 22.4 Å². The van der Waals surface area contributed by atoms with Gasteiger partial charge in [-0.05, 0) is 31.5 Å². The number of nitrogens with zero attached hydrogens (tertiary/aromatic N) is 1. The summed E-state index contributed by atoms with van der Waals surface area (Å²) in [6.07, 6.45) is 1.55. The number of ether oxygens (including phenoxy) is 1. The van der Waals surface area contributed by atoms with Crippen molar-refractivity contribution in [3.63, 3.8) is 0 Å². The van der Waals surface area contributed by atoms with Crippen LogP contribution in [0.1, 0.15) is 26.7 Å². The van der Waals surface area contributed by atoms with Crippen LogP contribution in [0.2, 0.25) is 0 Å². The monoisotopic (exact) mass is 329 g/mol. The Labute approximate surface area is 134 Å². The zero-order valence-electron chi connectivity index (χ0n) is 12.1. The van der Waals surface area contributed by atoms with E-state index in [-0.39, 0.29) is 18.3 Å². The maximum atomic E-state index is 11.9. The fourth-order valence-corrected chi connectivity index (χ4v) is 2.75. The summed E-state index contributed by atoms with van der Waals surface area (Å²) in [6, 6.07) is 5.21. The predicted molar refractivity (Wildman–Crippen MR) is 89.6 cm³/mol. The molecule has 7 heteroatoms. The fraction of sp³-hybridized carbons (Fsp3) is 0.429. The second-order valence-corrected chi connectivity index (χ2v) is 5.50. The number of fused-ring (bicyclic) bond motifs is 1. The number of amides is 1. The van der Waals surface area contributed by atoms with Crippen molar-refractivity contribution >= 4 is 45.0 Å². The summed E-state index contributed by atoms with van der Waals surface area (Å²) < 4.78 is 6.43. The van der Waals surface area contributed by atoms with Crippen LogP contribution in [0, 0.1) is 0 Å². The van der Waals surface area contributed by atoms with E-state index in [0.29, 0.717) is 18.2 Å². The first-order chi connectivity index (χ1) is 9.63. The maximum absolute atomic E-state index is 11.9. The molecule has 5 nitrogen and oxygen atoms in total. The second-order valence-electron chi connectivity index (χ2n) is 4.47. The number of hydrogen-bond donors (Lipinski definition) is 2. The van der Waals surface area contributed by atoms with Gasteiger partial charge in [0.1, 0.15) is 5.75 Å². The van der Waals surface area contributed by atoms with Crippen LogP contribution in [0.4, 0.5) is 5.13 Å². The van der Waals surface area contributed by atoms with E-state index < -0.39 is 6.04 Å². The number of aromatic nitrogens is 1. The molecule has 0 aliphatic carbocycles. The van der Waals surface area contributed by atoms with Crippen molar-refractivity contribution in [3.8, 4) is 5.75 Å². The van der Waals surface area contributed by atoms with E-state index in [1.165, 1.54) is 11.3 Å². The van der Waals surface area contributed by atoms with Crippen LogP contribution >= 0.6 is 23.7 Å². The molecule has 1 aromatic heterocycles. The molecule has 1 unspecified atom stereocenters. The summed E-state index contributed by atoms with van der Waals surface area (Å²) in [6.45, 7) is 4.57. The van der Waals surface area contributed by atoms with E-state index in [4.69, 9.17) is 10.5 Å². The Morgan fingerprint density at radius 3 is 2.90 bits per heavy atom. The molecule has 2 aromatic rings. The number of rotatable bonds is 6. The van der Waals surface area contributed by atoms with Crippen LogP contribution in [-0.4, -0.2) is 23.5 Å². The lowest BCUT2D eigenvalue weighted by molar-refractivity contribution is -0.117. The maximum Gasteiger partial charge on any atom is 0.243 e. The SMILES string of the molecule is CCCC(N)C(=O)Nc1nc2ccc(OCC)cc2s1.Cl. The summed E-state index contributed by atoms with van der Waals surface area (Å²) in [5, 5.41) is 3.34. The third kappa shape index (κ3) is 4.56. The van der Waals surface area contributed by atoms with Gasteiger partial charge in [0.25, 0.3) is 0 Å². The summed E-state index contributed by atoms with van der Waals surface area (Å²) in [5.41, 5.74) is 6.62. The molecular weight excluding hydrogens is 310 g/mol. The summed E-state index contributed by atoms with van der Waals surface area (Å²) >= 11 is 1.42. The number of hydrogen-bond acceptors (Lipinski definition) is 5. The van der Waals surface area contributed by atoms with Gasteiger partial charge >= 0.3 is 0 Å². The Morgan fingerprint density at radius 1 is 1.48 bits per heavy atom. The van der Waals surface area contributed by atoms with Crippen LogP contribution in [0.25, 0.3) is 10.2 Å². The number of nitrogens with two attached hydrogens (primary N) is 1. The summed E-state index contributed by atoms with van der Waals surface area (Å²) in [4.78, 5) is 16.2. The van der Waals surface area contributed by atoms with Crippen LogP contribution in [0.5, 0.6) is 5.75 Å². The molecule has 0 aliphatic heterocycles. The quantitative estimate of drug-likeness (QED) is 0.853. The van der Waals surface area contributed by atoms with Crippen LogP contribution in [0.15, 0.2) is 18.2 Å². The minimum atomic E-state index is -0.481. The minimum Gasteiger partial charge on any atom is -0.494 e. The number of benzene rings is 1. The van der Waals surface area contributed by atoms with Gasteiger partial charge in [-0.2, -0.15) is 0 Å². The highest BCUT2D eigenvalue weighted by Gasteiger charge is 2.14. The molecule has 116 valence electrons. The van der Waals surface area contributed by atoms with Gasteiger partial charge in [0, 0.05) is 0 Å². The van der Waals surface area contributed by atoms with E-state index in [2.05, 4.69) is 10.3 Å². The van der Waals surface area contributed by atoms with Gasteiger partial charge in [-0.3, -0.25) is 4.79 Å². The zero-order valence-corrected chi connectivity index (χ0v) is 13.7. The van der Waals surface area contributed by atoms with Crippen molar-refractivity contribution in [1.29, 1.82) is 0 Å². The van der Waals surface area contributed by atoms with Gasteiger partial charge in [-0.25, -0.2) is 4.98 Å². The number of thiazole rings is 1. The lowest BCUT2D eigenvalue weighted by atomic mass is 10.2. The lowest BCUT2D eigenvalue weighted by Crippen LogP contribution is -2.35. The van der Waals surface area contributed by atoms with Crippen LogP contribution < -0.4 is 15.8 Å². The van der Waals surface area contributed by atoms with Gasteiger partial charge in [0.2, 0.25) is 5.91 Å². The van der Waals surface area contributed by atoms with Gasteiger partial charge in [-0.1, -0.05) is 24.7 Å². The van der Waals surface area contributed by atoms with Crippen molar-refractivity contribution in [3.05, 3.63) is 18.2 Å². The van der Waals surface area contributed by atoms with Gasteiger partial charge < -0.3 is 15.8 Å². The predicted octanol–water partition coefficient (Wildman–Crippen LogP) is 3.18. The molecular formula is C14H20ClN3O2S. The lowest BCUT2D eigenvalue weighted by Gasteiger charge is -2.08. The van der Waals surface area contributed by atoms with Crippen molar-refractivity contribution in [2.45, 2.75) is 32.7 Å². The highest BCUT2D eigenvalue weighted by molar-refractivity contribution is 7.22. The number of carbonyl (C=O) groups is 1. The van der Waals surface area contributed by atoms with Gasteiger partial charge in [-0.15, -0.1) is 12.4 Å². The van der Waals surface area contributed by atoms with Crippen molar-refractivity contribution < 1.29 is 9.53 Å². The molecule has 0 bridgehead atoms. The molecule has 0 saturated heterocycles. The molecule has 1 atom stereocenters. The zero-order chi connectivity index (χ0) is 14.5. The number of nitrogens with one attached hydrogen (secondary N) is 1. The number of carbonyl (C=O) groups excluding carboxylic acids is 1. The Hall–Kier alpha value is -1.37. The third-order valence-electron chi connectivity index (χ3n) is 2.84. The third-order valence-corrected chi connectivity index (χ3v) is 3.77. The molecule has 1 amide bonds. The molecule has 0 saturated carbocycles. The molecule has 0 aliphatic rings. The average Bonchev–Trinajstić information content (AvgIpc) is 2.80. The molecule has 0 fully saturated rings. The molecule has 1 heterocycles. The van der Waals surface area contributed by atoms with Gasteiger partial charge in [0.05, 0.1) is 22.9 Å². The number of anilines is 1. The average molecular weight is 330 g/mol. The second kappa shape index (κ2) is 8.17. The first-order valence-electron chi connectivity index (χ1n) is 6.73. The Balaban J connectivity index is 0.00000220. The smallest absolute Gasteiger partial charge is 0.243 e. The van der Waals surface area contributed by atoms with Crippen molar-refractivity contribution in [2.24, 2.45) is 5.73 Å². The van der Waals surface area contributed by atoms with Crippen LogP contribution in [0.3, 0.4) is 0 Å². The Bertz CT molecular complexity index is 603. The van der Waals surface area contributed by atoms with E-state index in [1.807, 2.05) is 32.0 Å². The molecule has 21 heavy (non-hydrogen) atoms. The van der Waals surface area contributed by atoms with E-state index >= 15 is 0 Å². The standard InChI is InChI=1S/C14H19N3O2S.ClH/c1-3-5-10(15)13(18)17-14-16-11-7-6-9(19-4-2)8-12(11)20-14;/h6-8,10H,3-5,15H2,1-2H3,(H,16,17,18);1H. The van der Waals surface area contributed by atoms with Crippen molar-refractivity contribution in [2.75, 3.05) is 11.9 Å². The Morgan fingerprint density at radius 2 is 2.24 bits per heavy atom. The molecule has 1 aromatic carbocycles. The molecule has 0 radical (unpaired) electrons. The number of halogens is 1. The molecule has 2 rings (SSSR count). The molecule has 0 spiro atoms. The van der Waals surface area contributed by atoms with Crippen molar-refractivity contribution in [1.82, 2.24) is 4.98 Å². The summed E-state index contributed by atoms with van der Waals surface area (Å²) in [7, 11) is 0. The van der Waals surface area contributed by atoms with E-state index in [9.17, 15) is 4.79 Å². The Kier molecular flexibility index (Phi) is 6.87. The summed E-state index contributed by atoms with van der Waals surface area (Å²) in [5.74, 6) is 0.625. The largest absolute Gasteiger partial charge is 0.494 e. The minimum absolute atomic E-state index is 0. The van der Waals surface area contributed by atoms with Crippen LogP contribution in [-0.2, 0) is 4.79 Å². The van der Waals surface area contributed by atoms with E-state index in [1.54, 1.807) is 0 Å². The topological polar surface area (TPSA) is 77.2 Å². The molecule has 3 N–H and O–H groups in total. The highest BCUT2D eigenvalue weighted by Crippen LogP contribution is 2.29. The first kappa shape index (κ1) is 17.7. The normalized spacial score (nSPS) is 11.8. The highest BCUT2D eigenvalue weighted by atomic mass is 35.5. The van der Waals surface area contributed by atoms with Gasteiger partial charge in [0.15, 0.2) is 5.13 Å². The fourth-order valence-electron chi connectivity index (χ4n) is 1.86.